The molecular formula is C26H27N5O2S2. The molecule has 0 saturated carbocycles. The van der Waals surface area contributed by atoms with Crippen LogP contribution >= 0.6 is 23.1 Å². The van der Waals surface area contributed by atoms with Crippen LogP contribution in [0.15, 0.2) is 65.7 Å². The number of anilines is 1. The lowest BCUT2D eigenvalue weighted by molar-refractivity contribution is -0.113. The first-order valence-electron chi connectivity index (χ1n) is 11.1. The molecule has 1 amide bonds. The van der Waals surface area contributed by atoms with Crippen molar-refractivity contribution in [3.05, 3.63) is 83.0 Å². The molecule has 180 valence electrons. The van der Waals surface area contributed by atoms with Crippen molar-refractivity contribution in [2.45, 2.75) is 39.1 Å². The van der Waals surface area contributed by atoms with E-state index < -0.39 is 0 Å². The second-order valence-corrected chi connectivity index (χ2v) is 9.85. The third-order valence-corrected chi connectivity index (χ3v) is 7.01. The van der Waals surface area contributed by atoms with Crippen molar-refractivity contribution >= 4 is 34.1 Å². The van der Waals surface area contributed by atoms with Gasteiger partial charge in [-0.25, -0.2) is 4.98 Å². The summed E-state index contributed by atoms with van der Waals surface area (Å²) in [4.78, 5) is 17.1. The molecule has 2 aromatic heterocycles. The summed E-state index contributed by atoms with van der Waals surface area (Å²) >= 11 is 2.72. The van der Waals surface area contributed by atoms with Crippen LogP contribution in [0.5, 0.6) is 5.75 Å². The maximum Gasteiger partial charge on any atom is 0.236 e. The number of nitrogens with one attached hydrogen (secondary N) is 1. The highest BCUT2D eigenvalue weighted by atomic mass is 32.2. The van der Waals surface area contributed by atoms with E-state index in [1.54, 1.807) is 6.08 Å². The van der Waals surface area contributed by atoms with Gasteiger partial charge in [0.05, 0.1) is 11.4 Å². The van der Waals surface area contributed by atoms with Gasteiger partial charge in [0, 0.05) is 17.5 Å². The Hall–Kier alpha value is -3.43. The van der Waals surface area contributed by atoms with E-state index in [0.29, 0.717) is 22.7 Å². The standard InChI is InChI=1S/C26H27N5O2S2/c1-5-13-31-22(14-33-24-18(3)7-6-8-19(24)4)29-30-26(31)35-16-23(32)28-25-27-21(15-34-25)20-11-9-17(2)10-12-20/h5-12,15H,1,13-14,16H2,2-4H3,(H,27,28,32). The van der Waals surface area contributed by atoms with Crippen LogP contribution in [0.4, 0.5) is 5.13 Å². The minimum atomic E-state index is -0.152. The molecule has 0 aliphatic carbocycles. The zero-order valence-corrected chi connectivity index (χ0v) is 21.6. The summed E-state index contributed by atoms with van der Waals surface area (Å²) in [6.45, 7) is 10.7. The fourth-order valence-electron chi connectivity index (χ4n) is 3.48. The number of ether oxygens (including phenoxy) is 1. The first kappa shape index (κ1) is 24.7. The first-order valence-corrected chi connectivity index (χ1v) is 13.0. The summed E-state index contributed by atoms with van der Waals surface area (Å²) < 4.78 is 7.96. The Kier molecular flexibility index (Phi) is 7.99. The fraction of sp³-hybridized carbons (Fsp3) is 0.231. The minimum Gasteiger partial charge on any atom is -0.485 e. The molecule has 0 spiro atoms. The molecule has 4 aromatic rings. The number of allylic oxidation sites excluding steroid dienone is 1. The Bertz CT molecular complexity index is 1310. The second kappa shape index (κ2) is 11.3. The van der Waals surface area contributed by atoms with E-state index in [0.717, 1.165) is 28.1 Å². The van der Waals surface area contributed by atoms with Crippen molar-refractivity contribution in [2.75, 3.05) is 11.1 Å². The largest absolute Gasteiger partial charge is 0.485 e. The zero-order valence-electron chi connectivity index (χ0n) is 19.9. The number of carbonyl (C=O) groups excluding carboxylic acids is 1. The number of thioether (sulfide) groups is 1. The third kappa shape index (κ3) is 6.17. The number of nitrogens with zero attached hydrogens (tertiary/aromatic N) is 4. The van der Waals surface area contributed by atoms with Gasteiger partial charge in [-0.3, -0.25) is 9.36 Å². The molecule has 0 radical (unpaired) electrons. The monoisotopic (exact) mass is 505 g/mol. The Morgan fingerprint density at radius 1 is 1.14 bits per heavy atom. The summed E-state index contributed by atoms with van der Waals surface area (Å²) in [6, 6.07) is 14.2. The van der Waals surface area contributed by atoms with Crippen LogP contribution in [0.25, 0.3) is 11.3 Å². The molecule has 2 aromatic carbocycles. The molecule has 9 heteroatoms. The lowest BCUT2D eigenvalue weighted by Crippen LogP contribution is -2.15. The topological polar surface area (TPSA) is 81.9 Å². The Morgan fingerprint density at radius 2 is 1.89 bits per heavy atom. The molecule has 0 fully saturated rings. The molecule has 0 saturated heterocycles. The molecular weight excluding hydrogens is 478 g/mol. The maximum atomic E-state index is 12.6. The summed E-state index contributed by atoms with van der Waals surface area (Å²) in [5.74, 6) is 1.56. The molecule has 2 heterocycles. The maximum absolute atomic E-state index is 12.6. The lowest BCUT2D eigenvalue weighted by Gasteiger charge is -2.12. The average Bonchev–Trinajstić information content (AvgIpc) is 3.45. The SMILES string of the molecule is C=CCn1c(COc2c(C)cccc2C)nnc1SCC(=O)Nc1nc(-c2ccc(C)cc2)cs1. The highest BCUT2D eigenvalue weighted by Gasteiger charge is 2.16. The van der Waals surface area contributed by atoms with Crippen molar-refractivity contribution in [3.63, 3.8) is 0 Å². The lowest BCUT2D eigenvalue weighted by atomic mass is 10.1. The molecule has 7 nitrogen and oxygen atoms in total. The van der Waals surface area contributed by atoms with Gasteiger partial charge in [-0.1, -0.05) is 65.9 Å². The van der Waals surface area contributed by atoms with Crippen molar-refractivity contribution in [3.8, 4) is 17.0 Å². The summed E-state index contributed by atoms with van der Waals surface area (Å²) in [7, 11) is 0. The van der Waals surface area contributed by atoms with Gasteiger partial charge in [0.2, 0.25) is 5.91 Å². The van der Waals surface area contributed by atoms with Gasteiger partial charge in [-0.2, -0.15) is 0 Å². The molecule has 35 heavy (non-hydrogen) atoms. The Morgan fingerprint density at radius 3 is 2.60 bits per heavy atom. The van der Waals surface area contributed by atoms with Gasteiger partial charge in [-0.05, 0) is 31.9 Å². The summed E-state index contributed by atoms with van der Waals surface area (Å²) in [6.07, 6.45) is 1.78. The Labute approximate surface area is 213 Å². The quantitative estimate of drug-likeness (QED) is 0.216. The first-order chi connectivity index (χ1) is 16.9. The average molecular weight is 506 g/mol. The molecule has 0 aliphatic heterocycles. The molecule has 1 N–H and O–H groups in total. The third-order valence-electron chi connectivity index (χ3n) is 5.29. The van der Waals surface area contributed by atoms with Gasteiger partial charge < -0.3 is 10.1 Å². The van der Waals surface area contributed by atoms with Gasteiger partial charge in [0.1, 0.15) is 12.4 Å². The number of benzene rings is 2. The van der Waals surface area contributed by atoms with Crippen molar-refractivity contribution in [2.24, 2.45) is 0 Å². The van der Waals surface area contributed by atoms with Crippen molar-refractivity contribution in [1.29, 1.82) is 0 Å². The van der Waals surface area contributed by atoms with Gasteiger partial charge in [0.15, 0.2) is 16.1 Å². The number of amides is 1. The number of rotatable bonds is 10. The number of aryl methyl sites for hydroxylation is 3. The number of thiazole rings is 1. The van der Waals surface area contributed by atoms with Crippen LogP contribution in [-0.2, 0) is 17.9 Å². The summed E-state index contributed by atoms with van der Waals surface area (Å²) in [5.41, 5.74) is 5.20. The van der Waals surface area contributed by atoms with E-state index >= 15 is 0 Å². The predicted octanol–water partition coefficient (Wildman–Crippen LogP) is 5.82. The van der Waals surface area contributed by atoms with Crippen LogP contribution in [0.1, 0.15) is 22.5 Å². The van der Waals surface area contributed by atoms with Crippen LogP contribution in [0, 0.1) is 20.8 Å². The van der Waals surface area contributed by atoms with Crippen LogP contribution in [0.3, 0.4) is 0 Å². The van der Waals surface area contributed by atoms with Crippen LogP contribution in [0.2, 0.25) is 0 Å². The number of carbonyl (C=O) groups is 1. The fourth-order valence-corrected chi connectivity index (χ4v) is 4.98. The van der Waals surface area contributed by atoms with E-state index in [9.17, 15) is 4.79 Å². The van der Waals surface area contributed by atoms with Gasteiger partial charge >= 0.3 is 0 Å². The molecule has 0 bridgehead atoms. The van der Waals surface area contributed by atoms with E-state index in [1.807, 2.05) is 73.2 Å². The van der Waals surface area contributed by atoms with E-state index in [4.69, 9.17) is 4.74 Å². The molecule has 0 atom stereocenters. The smallest absolute Gasteiger partial charge is 0.236 e. The van der Waals surface area contributed by atoms with Crippen molar-refractivity contribution < 1.29 is 9.53 Å². The van der Waals surface area contributed by atoms with E-state index in [1.165, 1.54) is 28.7 Å². The van der Waals surface area contributed by atoms with Gasteiger partial charge in [0.25, 0.3) is 0 Å². The second-order valence-electron chi connectivity index (χ2n) is 8.05. The highest BCUT2D eigenvalue weighted by Crippen LogP contribution is 2.26. The van der Waals surface area contributed by atoms with Crippen LogP contribution in [-0.4, -0.2) is 31.4 Å². The minimum absolute atomic E-state index is 0.152. The number of hydrogen-bond acceptors (Lipinski definition) is 7. The van der Waals surface area contributed by atoms with Crippen molar-refractivity contribution in [1.82, 2.24) is 19.7 Å². The molecule has 4 rings (SSSR count). The predicted molar refractivity (Wildman–Crippen MR) is 142 cm³/mol. The normalized spacial score (nSPS) is 10.8. The Balaban J connectivity index is 1.37. The zero-order chi connectivity index (χ0) is 24.8. The molecule has 0 aliphatic rings. The van der Waals surface area contributed by atoms with Gasteiger partial charge in [-0.15, -0.1) is 28.1 Å². The van der Waals surface area contributed by atoms with Crippen LogP contribution < -0.4 is 10.1 Å². The van der Waals surface area contributed by atoms with E-state index in [2.05, 4.69) is 27.1 Å². The molecule has 0 unspecified atom stereocenters. The van der Waals surface area contributed by atoms with E-state index in [-0.39, 0.29) is 18.3 Å². The highest BCUT2D eigenvalue weighted by molar-refractivity contribution is 7.99. The number of hydrogen-bond donors (Lipinski definition) is 1. The number of para-hydroxylation sites is 1. The summed E-state index contributed by atoms with van der Waals surface area (Å²) in [5, 5.41) is 14.6. The number of aromatic nitrogens is 4.